The Labute approximate surface area is 109 Å². The monoisotopic (exact) mass is 262 g/mol. The van der Waals surface area contributed by atoms with Crippen LogP contribution in [-0.4, -0.2) is 4.92 Å². The van der Waals surface area contributed by atoms with Crippen molar-refractivity contribution in [1.82, 2.24) is 0 Å². The minimum Gasteiger partial charge on any atom is -0.350 e. The van der Waals surface area contributed by atoms with Crippen LogP contribution in [0.5, 0.6) is 0 Å². The Morgan fingerprint density at radius 3 is 2.50 bits per heavy atom. The second-order valence-corrected chi connectivity index (χ2v) is 4.22. The largest absolute Gasteiger partial charge is 0.350 e. The molecule has 0 aliphatic rings. The quantitative estimate of drug-likeness (QED) is 0.663. The maximum atomic E-state index is 10.9. The van der Waals surface area contributed by atoms with E-state index in [1.807, 2.05) is 13.0 Å². The van der Waals surface area contributed by atoms with E-state index in [0.717, 1.165) is 11.3 Å². The summed E-state index contributed by atoms with van der Waals surface area (Å²) in [6, 6.07) is 11.9. The van der Waals surface area contributed by atoms with Gasteiger partial charge in [0.1, 0.15) is 5.69 Å². The van der Waals surface area contributed by atoms with E-state index in [9.17, 15) is 10.1 Å². The van der Waals surface area contributed by atoms with Crippen LogP contribution in [0.3, 0.4) is 0 Å². The van der Waals surface area contributed by atoms with Crippen LogP contribution in [0.15, 0.2) is 42.5 Å². The molecule has 4 nitrogen and oxygen atoms in total. The summed E-state index contributed by atoms with van der Waals surface area (Å²) in [5.41, 5.74) is 2.11. The Morgan fingerprint density at radius 2 is 1.78 bits per heavy atom. The fourth-order valence-electron chi connectivity index (χ4n) is 1.63. The Morgan fingerprint density at radius 1 is 1.11 bits per heavy atom. The Bertz CT molecular complexity index is 599. The number of benzene rings is 2. The zero-order valence-corrected chi connectivity index (χ0v) is 10.4. The third-order valence-corrected chi connectivity index (χ3v) is 3.05. The van der Waals surface area contributed by atoms with E-state index in [1.165, 1.54) is 6.07 Å². The van der Waals surface area contributed by atoms with Crippen molar-refractivity contribution in [3.05, 3.63) is 63.2 Å². The molecule has 0 aromatic heterocycles. The molecule has 92 valence electrons. The number of halogens is 1. The lowest BCUT2D eigenvalue weighted by molar-refractivity contribution is -0.383. The van der Waals surface area contributed by atoms with Crippen molar-refractivity contribution in [2.75, 3.05) is 5.32 Å². The van der Waals surface area contributed by atoms with Crippen molar-refractivity contribution in [1.29, 1.82) is 0 Å². The second-order valence-electron chi connectivity index (χ2n) is 3.81. The zero-order valence-electron chi connectivity index (χ0n) is 9.68. The smallest absolute Gasteiger partial charge is 0.292 e. The highest BCUT2D eigenvalue weighted by atomic mass is 35.5. The summed E-state index contributed by atoms with van der Waals surface area (Å²) in [6.07, 6.45) is 0. The first-order chi connectivity index (χ1) is 8.59. The first-order valence-electron chi connectivity index (χ1n) is 5.35. The molecule has 0 amide bonds. The van der Waals surface area contributed by atoms with Crippen molar-refractivity contribution in [3.63, 3.8) is 0 Å². The van der Waals surface area contributed by atoms with Gasteiger partial charge >= 0.3 is 0 Å². The summed E-state index contributed by atoms with van der Waals surface area (Å²) in [7, 11) is 0. The number of para-hydroxylation sites is 2. The van der Waals surface area contributed by atoms with Crippen LogP contribution in [0.25, 0.3) is 0 Å². The molecular weight excluding hydrogens is 252 g/mol. The number of nitro benzene ring substituents is 1. The molecule has 0 atom stereocenters. The molecule has 18 heavy (non-hydrogen) atoms. The van der Waals surface area contributed by atoms with Crippen LogP contribution in [0.2, 0.25) is 5.02 Å². The Balaban J connectivity index is 2.40. The van der Waals surface area contributed by atoms with E-state index in [4.69, 9.17) is 11.6 Å². The second kappa shape index (κ2) is 5.06. The van der Waals surface area contributed by atoms with E-state index in [-0.39, 0.29) is 5.69 Å². The predicted molar refractivity (Wildman–Crippen MR) is 72.6 cm³/mol. The van der Waals surface area contributed by atoms with Gasteiger partial charge in [0, 0.05) is 16.8 Å². The lowest BCUT2D eigenvalue weighted by Crippen LogP contribution is -1.98. The molecular formula is C13H11ClN2O2. The molecule has 0 saturated carbocycles. The van der Waals surface area contributed by atoms with Gasteiger partial charge in [-0.15, -0.1) is 0 Å². The molecule has 0 saturated heterocycles. The van der Waals surface area contributed by atoms with Crippen LogP contribution >= 0.6 is 11.6 Å². The normalized spacial score (nSPS) is 10.1. The number of hydrogen-bond donors (Lipinski definition) is 1. The summed E-state index contributed by atoms with van der Waals surface area (Å²) in [5.74, 6) is 0. The molecule has 2 aromatic carbocycles. The fraction of sp³-hybridized carbons (Fsp3) is 0.0769. The molecule has 1 N–H and O–H groups in total. The molecule has 2 rings (SSSR count). The summed E-state index contributed by atoms with van der Waals surface area (Å²) in [6.45, 7) is 1.86. The van der Waals surface area contributed by atoms with E-state index in [0.29, 0.717) is 10.7 Å². The summed E-state index contributed by atoms with van der Waals surface area (Å²) < 4.78 is 0. The summed E-state index contributed by atoms with van der Waals surface area (Å²) in [5, 5.41) is 14.6. The van der Waals surface area contributed by atoms with Gasteiger partial charge in [0.05, 0.1) is 4.92 Å². The number of rotatable bonds is 3. The topological polar surface area (TPSA) is 55.2 Å². The first kappa shape index (κ1) is 12.4. The van der Waals surface area contributed by atoms with Crippen LogP contribution in [-0.2, 0) is 0 Å². The molecule has 0 aliphatic carbocycles. The number of nitro groups is 1. The molecule has 0 spiro atoms. The number of anilines is 2. The van der Waals surface area contributed by atoms with Gasteiger partial charge < -0.3 is 5.32 Å². The highest BCUT2D eigenvalue weighted by Crippen LogP contribution is 2.30. The van der Waals surface area contributed by atoms with Gasteiger partial charge in [0.15, 0.2) is 0 Å². The van der Waals surface area contributed by atoms with Gasteiger partial charge in [0.25, 0.3) is 5.69 Å². The number of hydrogen-bond acceptors (Lipinski definition) is 3. The van der Waals surface area contributed by atoms with Crippen LogP contribution in [0.1, 0.15) is 5.56 Å². The van der Waals surface area contributed by atoms with E-state index >= 15 is 0 Å². The maximum Gasteiger partial charge on any atom is 0.292 e. The van der Waals surface area contributed by atoms with Crippen molar-refractivity contribution in [2.45, 2.75) is 6.92 Å². The average Bonchev–Trinajstić information content (AvgIpc) is 2.35. The van der Waals surface area contributed by atoms with E-state index < -0.39 is 4.92 Å². The molecule has 0 heterocycles. The van der Waals surface area contributed by atoms with Gasteiger partial charge in [0.2, 0.25) is 0 Å². The molecule has 0 radical (unpaired) electrons. The minimum absolute atomic E-state index is 0.0388. The molecule has 0 aliphatic heterocycles. The minimum atomic E-state index is -0.414. The number of nitrogens with zero attached hydrogens (tertiary/aromatic N) is 1. The molecule has 0 bridgehead atoms. The van der Waals surface area contributed by atoms with Crippen molar-refractivity contribution in [3.8, 4) is 0 Å². The lowest BCUT2D eigenvalue weighted by atomic mass is 10.2. The zero-order chi connectivity index (χ0) is 13.1. The van der Waals surface area contributed by atoms with Crippen molar-refractivity contribution < 1.29 is 4.92 Å². The molecule has 2 aromatic rings. The van der Waals surface area contributed by atoms with Crippen molar-refractivity contribution in [2.24, 2.45) is 0 Å². The van der Waals surface area contributed by atoms with Gasteiger partial charge in [-0.1, -0.05) is 29.8 Å². The Hall–Kier alpha value is -2.07. The third-order valence-electron chi connectivity index (χ3n) is 2.64. The van der Waals surface area contributed by atoms with Gasteiger partial charge in [-0.3, -0.25) is 10.1 Å². The standard InChI is InChI=1S/C13H11ClN2O2/c1-9-10(14)5-4-7-11(9)15-12-6-2-3-8-13(12)16(17)18/h2-8,15H,1H3. The van der Waals surface area contributed by atoms with Gasteiger partial charge in [-0.25, -0.2) is 0 Å². The molecule has 5 heteroatoms. The van der Waals surface area contributed by atoms with E-state index in [1.54, 1.807) is 30.3 Å². The first-order valence-corrected chi connectivity index (χ1v) is 5.73. The highest BCUT2D eigenvalue weighted by molar-refractivity contribution is 6.31. The maximum absolute atomic E-state index is 10.9. The van der Waals surface area contributed by atoms with Gasteiger partial charge in [-0.05, 0) is 30.7 Å². The van der Waals surface area contributed by atoms with Crippen molar-refractivity contribution >= 4 is 28.7 Å². The fourth-order valence-corrected chi connectivity index (χ4v) is 1.80. The number of nitrogens with one attached hydrogen (secondary N) is 1. The lowest BCUT2D eigenvalue weighted by Gasteiger charge is -2.10. The van der Waals surface area contributed by atoms with Crippen LogP contribution < -0.4 is 5.32 Å². The molecule has 0 unspecified atom stereocenters. The summed E-state index contributed by atoms with van der Waals surface area (Å²) in [4.78, 5) is 10.5. The molecule has 0 fully saturated rings. The SMILES string of the molecule is Cc1c(Cl)cccc1Nc1ccccc1[N+](=O)[O-]. The average molecular weight is 263 g/mol. The van der Waals surface area contributed by atoms with E-state index in [2.05, 4.69) is 5.32 Å². The van der Waals surface area contributed by atoms with Crippen LogP contribution in [0.4, 0.5) is 17.1 Å². The van der Waals surface area contributed by atoms with Gasteiger partial charge in [-0.2, -0.15) is 0 Å². The third kappa shape index (κ3) is 2.43. The summed E-state index contributed by atoms with van der Waals surface area (Å²) >= 11 is 6.01. The highest BCUT2D eigenvalue weighted by Gasteiger charge is 2.13. The predicted octanol–water partition coefficient (Wildman–Crippen LogP) is 4.30. The van der Waals surface area contributed by atoms with Crippen LogP contribution in [0, 0.1) is 17.0 Å². The Kier molecular flexibility index (Phi) is 3.48.